The number of piperazine rings is 1. The highest BCUT2D eigenvalue weighted by atomic mass is 35.5. The van der Waals surface area contributed by atoms with Crippen molar-refractivity contribution in [3.63, 3.8) is 0 Å². The van der Waals surface area contributed by atoms with Gasteiger partial charge in [0.05, 0.1) is 5.56 Å². The molecule has 1 saturated heterocycles. The van der Waals surface area contributed by atoms with Gasteiger partial charge in [-0.2, -0.15) is 5.26 Å². The minimum Gasteiger partial charge on any atom is -0.354 e. The van der Waals surface area contributed by atoms with Crippen molar-refractivity contribution in [3.8, 4) is 6.07 Å². The fourth-order valence-corrected chi connectivity index (χ4v) is 3.06. The summed E-state index contributed by atoms with van der Waals surface area (Å²) in [5, 5.41) is 9.62. The van der Waals surface area contributed by atoms with E-state index in [9.17, 15) is 0 Å². The Morgan fingerprint density at radius 1 is 1.09 bits per heavy atom. The molecule has 0 aliphatic carbocycles. The molecule has 1 aliphatic heterocycles. The molecule has 1 aromatic heterocycles. The van der Waals surface area contributed by atoms with Crippen LogP contribution in [-0.4, -0.2) is 36.1 Å². The van der Waals surface area contributed by atoms with Gasteiger partial charge in [0.25, 0.3) is 0 Å². The maximum absolute atomic E-state index is 8.84. The van der Waals surface area contributed by atoms with Crippen LogP contribution in [0, 0.1) is 11.3 Å². The Kier molecular flexibility index (Phi) is 4.80. The lowest BCUT2D eigenvalue weighted by Gasteiger charge is -2.38. The molecule has 2 aromatic rings. The van der Waals surface area contributed by atoms with E-state index in [1.165, 1.54) is 5.56 Å². The van der Waals surface area contributed by atoms with Crippen LogP contribution in [0.5, 0.6) is 0 Å². The van der Waals surface area contributed by atoms with Crippen LogP contribution in [0.1, 0.15) is 24.1 Å². The highest BCUT2D eigenvalue weighted by Gasteiger charge is 2.22. The molecule has 0 saturated carbocycles. The minimum absolute atomic E-state index is 0.378. The van der Waals surface area contributed by atoms with E-state index in [0.29, 0.717) is 11.6 Å². The van der Waals surface area contributed by atoms with Gasteiger partial charge in [0, 0.05) is 43.4 Å². The Morgan fingerprint density at radius 2 is 1.78 bits per heavy atom. The first-order chi connectivity index (χ1) is 11.2. The third kappa shape index (κ3) is 3.64. The smallest absolute Gasteiger partial charge is 0.128 e. The monoisotopic (exact) mass is 326 g/mol. The Bertz CT molecular complexity index is 682. The van der Waals surface area contributed by atoms with Crippen molar-refractivity contribution >= 4 is 17.4 Å². The summed E-state index contributed by atoms with van der Waals surface area (Å²) in [6.07, 6.45) is 1.64. The molecule has 1 atom stereocenters. The summed E-state index contributed by atoms with van der Waals surface area (Å²) in [6, 6.07) is 14.3. The second-order valence-corrected chi connectivity index (χ2v) is 6.20. The lowest BCUT2D eigenvalue weighted by atomic mass is 10.1. The summed E-state index contributed by atoms with van der Waals surface area (Å²) in [7, 11) is 0. The van der Waals surface area contributed by atoms with E-state index in [4.69, 9.17) is 16.9 Å². The summed E-state index contributed by atoms with van der Waals surface area (Å²) < 4.78 is 0. The molecule has 1 aliphatic rings. The third-order valence-corrected chi connectivity index (χ3v) is 4.67. The summed E-state index contributed by atoms with van der Waals surface area (Å²) in [4.78, 5) is 9.13. The number of hydrogen-bond donors (Lipinski definition) is 0. The molecular formula is C18H19ClN4. The Labute approximate surface area is 141 Å². The van der Waals surface area contributed by atoms with Crippen LogP contribution >= 0.6 is 11.6 Å². The number of hydrogen-bond acceptors (Lipinski definition) is 4. The average Bonchev–Trinajstić information content (AvgIpc) is 2.62. The van der Waals surface area contributed by atoms with Gasteiger partial charge in [-0.05, 0) is 36.8 Å². The molecule has 23 heavy (non-hydrogen) atoms. The number of aromatic nitrogens is 1. The lowest BCUT2D eigenvalue weighted by molar-refractivity contribution is 0.198. The zero-order valence-electron chi connectivity index (χ0n) is 13.1. The minimum atomic E-state index is 0.378. The van der Waals surface area contributed by atoms with E-state index >= 15 is 0 Å². The number of rotatable bonds is 3. The van der Waals surface area contributed by atoms with Crippen molar-refractivity contribution in [2.24, 2.45) is 0 Å². The Hall–Kier alpha value is -2.09. The number of nitrogens with zero attached hydrogens (tertiary/aromatic N) is 4. The zero-order valence-corrected chi connectivity index (χ0v) is 13.9. The topological polar surface area (TPSA) is 43.2 Å². The molecule has 2 heterocycles. The molecule has 3 rings (SSSR count). The van der Waals surface area contributed by atoms with Gasteiger partial charge < -0.3 is 4.90 Å². The zero-order chi connectivity index (χ0) is 16.2. The van der Waals surface area contributed by atoms with Crippen LogP contribution in [0.15, 0.2) is 42.6 Å². The van der Waals surface area contributed by atoms with E-state index in [-0.39, 0.29) is 0 Å². The van der Waals surface area contributed by atoms with Crippen LogP contribution in [0.3, 0.4) is 0 Å². The highest BCUT2D eigenvalue weighted by Crippen LogP contribution is 2.24. The molecule has 1 unspecified atom stereocenters. The van der Waals surface area contributed by atoms with Crippen LogP contribution in [0.2, 0.25) is 5.02 Å². The molecule has 0 N–H and O–H groups in total. The van der Waals surface area contributed by atoms with Gasteiger partial charge in [-0.15, -0.1) is 0 Å². The first-order valence-corrected chi connectivity index (χ1v) is 8.16. The molecule has 1 aromatic carbocycles. The number of halogens is 1. The molecule has 1 fully saturated rings. The maximum atomic E-state index is 8.84. The van der Waals surface area contributed by atoms with Crippen molar-refractivity contribution < 1.29 is 0 Å². The Morgan fingerprint density at radius 3 is 2.35 bits per heavy atom. The summed E-state index contributed by atoms with van der Waals surface area (Å²) in [5.41, 5.74) is 1.89. The SMILES string of the molecule is CC(c1ccc(Cl)cc1)N1CCN(c2ccc(C#N)cn2)CC1. The lowest BCUT2D eigenvalue weighted by Crippen LogP contribution is -2.47. The molecule has 0 bridgehead atoms. The van der Waals surface area contributed by atoms with E-state index in [2.05, 4.69) is 39.9 Å². The molecule has 0 radical (unpaired) electrons. The fraction of sp³-hybridized carbons (Fsp3) is 0.333. The van der Waals surface area contributed by atoms with Gasteiger partial charge in [-0.1, -0.05) is 23.7 Å². The molecule has 4 nitrogen and oxygen atoms in total. The molecule has 5 heteroatoms. The predicted octanol–water partition coefficient (Wildman–Crippen LogP) is 3.49. The summed E-state index contributed by atoms with van der Waals surface area (Å²) >= 11 is 5.96. The first kappa shape index (κ1) is 15.8. The third-order valence-electron chi connectivity index (χ3n) is 4.42. The molecular weight excluding hydrogens is 308 g/mol. The van der Waals surface area contributed by atoms with Gasteiger partial charge in [-0.25, -0.2) is 4.98 Å². The largest absolute Gasteiger partial charge is 0.354 e. The fourth-order valence-electron chi connectivity index (χ4n) is 2.93. The first-order valence-electron chi connectivity index (χ1n) is 7.78. The molecule has 0 spiro atoms. The van der Waals surface area contributed by atoms with Gasteiger partial charge in [0.2, 0.25) is 0 Å². The Balaban J connectivity index is 1.61. The van der Waals surface area contributed by atoms with Crippen molar-refractivity contribution in [2.75, 3.05) is 31.1 Å². The average molecular weight is 327 g/mol. The van der Waals surface area contributed by atoms with Gasteiger partial charge >= 0.3 is 0 Å². The van der Waals surface area contributed by atoms with Crippen LogP contribution < -0.4 is 4.90 Å². The van der Waals surface area contributed by atoms with E-state index in [1.54, 1.807) is 6.20 Å². The second-order valence-electron chi connectivity index (χ2n) is 5.77. The number of benzene rings is 1. The van der Waals surface area contributed by atoms with Crippen molar-refractivity contribution in [3.05, 3.63) is 58.7 Å². The predicted molar refractivity (Wildman–Crippen MR) is 92.6 cm³/mol. The number of anilines is 1. The van der Waals surface area contributed by atoms with Crippen LogP contribution in [0.25, 0.3) is 0 Å². The van der Waals surface area contributed by atoms with E-state index in [1.807, 2.05) is 24.3 Å². The van der Waals surface area contributed by atoms with Gasteiger partial charge in [-0.3, -0.25) is 4.90 Å². The van der Waals surface area contributed by atoms with Gasteiger partial charge in [0.15, 0.2) is 0 Å². The molecule has 0 amide bonds. The number of nitriles is 1. The highest BCUT2D eigenvalue weighted by molar-refractivity contribution is 6.30. The maximum Gasteiger partial charge on any atom is 0.128 e. The van der Waals surface area contributed by atoms with Crippen molar-refractivity contribution in [1.29, 1.82) is 5.26 Å². The molecule has 118 valence electrons. The normalized spacial score (nSPS) is 16.8. The standard InChI is InChI=1S/C18H19ClN4/c1-14(16-3-5-17(19)6-4-16)22-8-10-23(11-9-22)18-7-2-15(12-20)13-21-18/h2-7,13-14H,8-11H2,1H3. The van der Waals surface area contributed by atoms with Gasteiger partial charge in [0.1, 0.15) is 11.9 Å². The van der Waals surface area contributed by atoms with Crippen LogP contribution in [-0.2, 0) is 0 Å². The summed E-state index contributed by atoms with van der Waals surface area (Å²) in [6.45, 7) is 6.10. The summed E-state index contributed by atoms with van der Waals surface area (Å²) in [5.74, 6) is 0.947. The quantitative estimate of drug-likeness (QED) is 0.866. The van der Waals surface area contributed by atoms with Crippen molar-refractivity contribution in [2.45, 2.75) is 13.0 Å². The van der Waals surface area contributed by atoms with Crippen LogP contribution in [0.4, 0.5) is 5.82 Å². The van der Waals surface area contributed by atoms with E-state index < -0.39 is 0 Å². The second kappa shape index (κ2) is 6.99. The van der Waals surface area contributed by atoms with Crippen molar-refractivity contribution in [1.82, 2.24) is 9.88 Å². The van der Waals surface area contributed by atoms with E-state index in [0.717, 1.165) is 37.0 Å². The number of pyridine rings is 1.